The Morgan fingerprint density at radius 1 is 1.18 bits per heavy atom. The molecule has 0 radical (unpaired) electrons. The van der Waals surface area contributed by atoms with Gasteiger partial charge in [0.05, 0.1) is 6.61 Å². The Labute approximate surface area is 169 Å². The number of hydrogen-bond donors (Lipinski definition) is 2. The minimum atomic E-state index is -1.16. The second-order valence-corrected chi connectivity index (χ2v) is 8.00. The fourth-order valence-electron chi connectivity index (χ4n) is 3.28. The molecule has 2 atom stereocenters. The summed E-state index contributed by atoms with van der Waals surface area (Å²) in [6, 6.07) is 11.2. The topological polar surface area (TPSA) is 78.9 Å². The summed E-state index contributed by atoms with van der Waals surface area (Å²) in [6.07, 6.45) is 1.28. The van der Waals surface area contributed by atoms with Crippen LogP contribution in [0.25, 0.3) is 0 Å². The van der Waals surface area contributed by atoms with Crippen molar-refractivity contribution in [2.45, 2.75) is 38.5 Å². The number of likely N-dealkylation sites (tertiary alicyclic amines) is 1. The summed E-state index contributed by atoms with van der Waals surface area (Å²) in [6.45, 7) is 4.90. The molecular weight excluding hydrogens is 376 g/mol. The summed E-state index contributed by atoms with van der Waals surface area (Å²) in [4.78, 5) is 29.1. The molecule has 6 nitrogen and oxygen atoms in total. The molecule has 7 heteroatoms. The number of benzene rings is 1. The molecule has 2 unspecified atom stereocenters. The molecule has 2 heterocycles. The molecule has 1 aliphatic heterocycles. The molecule has 1 saturated heterocycles. The maximum atomic E-state index is 12.5. The van der Waals surface area contributed by atoms with Gasteiger partial charge in [0, 0.05) is 21.9 Å². The number of aliphatic hydroxyl groups is 1. The number of aliphatic hydroxyl groups excluding tert-OH is 1. The van der Waals surface area contributed by atoms with Crippen LogP contribution in [-0.2, 0) is 16.1 Å². The van der Waals surface area contributed by atoms with Gasteiger partial charge in [0.1, 0.15) is 6.10 Å². The lowest BCUT2D eigenvalue weighted by atomic mass is 10.1. The number of rotatable bonds is 8. The standard InChI is InChI=1S/C21H26N2O4S/c1-2-27-21(26)18(22-20(25)15-8-4-3-5-9-15)19(24)17-11-10-16(28-17)14-23-12-6-7-13-23/h3-5,8-11,18-19,24H,2,6-7,12-14H2,1H3,(H,22,25). The van der Waals surface area contributed by atoms with Gasteiger partial charge in [-0.3, -0.25) is 9.69 Å². The molecule has 150 valence electrons. The van der Waals surface area contributed by atoms with Gasteiger partial charge in [-0.1, -0.05) is 18.2 Å². The number of amides is 1. The van der Waals surface area contributed by atoms with Crippen LogP contribution < -0.4 is 5.32 Å². The minimum Gasteiger partial charge on any atom is -0.464 e. The third-order valence-corrected chi connectivity index (χ3v) is 5.87. The van der Waals surface area contributed by atoms with Gasteiger partial charge in [0.25, 0.3) is 5.91 Å². The number of carbonyl (C=O) groups is 2. The highest BCUT2D eigenvalue weighted by molar-refractivity contribution is 7.12. The Kier molecular flexibility index (Phi) is 7.19. The van der Waals surface area contributed by atoms with Gasteiger partial charge in [-0.2, -0.15) is 0 Å². The summed E-state index contributed by atoms with van der Waals surface area (Å²) in [7, 11) is 0. The smallest absolute Gasteiger partial charge is 0.331 e. The predicted molar refractivity (Wildman–Crippen MR) is 108 cm³/mol. The molecule has 0 saturated carbocycles. The van der Waals surface area contributed by atoms with Crippen molar-refractivity contribution < 1.29 is 19.4 Å². The van der Waals surface area contributed by atoms with Crippen LogP contribution in [0.15, 0.2) is 42.5 Å². The summed E-state index contributed by atoms with van der Waals surface area (Å²) in [5.41, 5.74) is 0.421. The van der Waals surface area contributed by atoms with Crippen molar-refractivity contribution in [3.63, 3.8) is 0 Å². The highest BCUT2D eigenvalue weighted by atomic mass is 32.1. The Hall–Kier alpha value is -2.22. The minimum absolute atomic E-state index is 0.175. The first-order valence-electron chi connectivity index (χ1n) is 9.60. The molecule has 2 N–H and O–H groups in total. The zero-order chi connectivity index (χ0) is 19.9. The summed E-state index contributed by atoms with van der Waals surface area (Å²) in [5.74, 6) is -1.07. The first kappa shape index (κ1) is 20.5. The highest BCUT2D eigenvalue weighted by Gasteiger charge is 2.32. The van der Waals surface area contributed by atoms with Crippen LogP contribution in [0.4, 0.5) is 0 Å². The third-order valence-electron chi connectivity index (χ3n) is 4.73. The second-order valence-electron chi connectivity index (χ2n) is 6.80. The van der Waals surface area contributed by atoms with Gasteiger partial charge in [-0.25, -0.2) is 4.79 Å². The third kappa shape index (κ3) is 5.19. The van der Waals surface area contributed by atoms with Crippen molar-refractivity contribution in [1.82, 2.24) is 10.2 Å². The lowest BCUT2D eigenvalue weighted by Crippen LogP contribution is -2.45. The Bertz CT molecular complexity index is 787. The maximum absolute atomic E-state index is 12.5. The van der Waals surface area contributed by atoms with E-state index in [9.17, 15) is 14.7 Å². The van der Waals surface area contributed by atoms with Gasteiger partial charge in [-0.05, 0) is 57.1 Å². The fraction of sp³-hybridized carbons (Fsp3) is 0.429. The summed E-state index contributed by atoms with van der Waals surface area (Å²) in [5, 5.41) is 13.5. The number of ether oxygens (including phenoxy) is 1. The van der Waals surface area contributed by atoms with E-state index in [0.717, 1.165) is 24.5 Å². The van der Waals surface area contributed by atoms with E-state index in [1.165, 1.54) is 24.2 Å². The van der Waals surface area contributed by atoms with Gasteiger partial charge in [-0.15, -0.1) is 11.3 Å². The average molecular weight is 403 g/mol. The fourth-order valence-corrected chi connectivity index (χ4v) is 4.36. The second kappa shape index (κ2) is 9.82. The molecule has 3 rings (SSSR count). The van der Waals surface area contributed by atoms with E-state index in [4.69, 9.17) is 4.74 Å². The average Bonchev–Trinajstić information content (AvgIpc) is 3.39. The van der Waals surface area contributed by atoms with E-state index in [0.29, 0.717) is 10.4 Å². The quantitative estimate of drug-likeness (QED) is 0.664. The Morgan fingerprint density at radius 2 is 1.89 bits per heavy atom. The Balaban J connectivity index is 1.72. The van der Waals surface area contributed by atoms with Gasteiger partial charge in [0.2, 0.25) is 0 Å². The van der Waals surface area contributed by atoms with Crippen LogP contribution in [0.1, 0.15) is 46.0 Å². The van der Waals surface area contributed by atoms with Crippen molar-refractivity contribution in [1.29, 1.82) is 0 Å². The lowest BCUT2D eigenvalue weighted by Gasteiger charge is -2.22. The van der Waals surface area contributed by atoms with Gasteiger partial charge in [0.15, 0.2) is 6.04 Å². The van der Waals surface area contributed by atoms with Crippen LogP contribution in [0.3, 0.4) is 0 Å². The first-order chi connectivity index (χ1) is 13.6. The number of thiophene rings is 1. The summed E-state index contributed by atoms with van der Waals surface area (Å²) >= 11 is 1.46. The zero-order valence-electron chi connectivity index (χ0n) is 16.0. The molecule has 2 aromatic rings. The van der Waals surface area contributed by atoms with E-state index >= 15 is 0 Å². The van der Waals surface area contributed by atoms with Crippen LogP contribution in [0, 0.1) is 0 Å². The first-order valence-corrected chi connectivity index (χ1v) is 10.4. The van der Waals surface area contributed by atoms with E-state index in [1.807, 2.05) is 18.2 Å². The lowest BCUT2D eigenvalue weighted by molar-refractivity contribution is -0.148. The molecule has 28 heavy (non-hydrogen) atoms. The van der Waals surface area contributed by atoms with Gasteiger partial charge < -0.3 is 15.2 Å². The van der Waals surface area contributed by atoms with Crippen molar-refractivity contribution >= 4 is 23.2 Å². The molecule has 1 aliphatic rings. The number of nitrogens with one attached hydrogen (secondary N) is 1. The van der Waals surface area contributed by atoms with Crippen molar-refractivity contribution in [2.24, 2.45) is 0 Å². The number of carbonyl (C=O) groups excluding carboxylic acids is 2. The molecule has 0 bridgehead atoms. The van der Waals surface area contributed by atoms with Crippen molar-refractivity contribution in [3.8, 4) is 0 Å². The zero-order valence-corrected chi connectivity index (χ0v) is 16.8. The van der Waals surface area contributed by atoms with Crippen molar-refractivity contribution in [2.75, 3.05) is 19.7 Å². The van der Waals surface area contributed by atoms with E-state index < -0.39 is 24.0 Å². The predicted octanol–water partition coefficient (Wildman–Crippen LogP) is 2.74. The van der Waals surface area contributed by atoms with Crippen molar-refractivity contribution in [3.05, 3.63) is 57.8 Å². The molecule has 1 aromatic carbocycles. The number of nitrogens with zero attached hydrogens (tertiary/aromatic N) is 1. The molecule has 1 aromatic heterocycles. The van der Waals surface area contributed by atoms with E-state index in [1.54, 1.807) is 31.2 Å². The highest BCUT2D eigenvalue weighted by Crippen LogP contribution is 2.28. The normalized spacial score (nSPS) is 16.5. The van der Waals surface area contributed by atoms with Crippen LogP contribution in [0.2, 0.25) is 0 Å². The SMILES string of the molecule is CCOC(=O)C(NC(=O)c1ccccc1)C(O)c1ccc(CN2CCCC2)s1. The number of hydrogen-bond acceptors (Lipinski definition) is 6. The molecule has 1 fully saturated rings. The Morgan fingerprint density at radius 3 is 2.57 bits per heavy atom. The van der Waals surface area contributed by atoms with E-state index in [2.05, 4.69) is 10.2 Å². The molecular formula is C21H26N2O4S. The molecule has 1 amide bonds. The van der Waals surface area contributed by atoms with E-state index in [-0.39, 0.29) is 6.61 Å². The van der Waals surface area contributed by atoms with Crippen LogP contribution in [0.5, 0.6) is 0 Å². The number of esters is 1. The molecule has 0 spiro atoms. The van der Waals surface area contributed by atoms with Crippen LogP contribution >= 0.6 is 11.3 Å². The summed E-state index contributed by atoms with van der Waals surface area (Å²) < 4.78 is 5.08. The molecule has 0 aliphatic carbocycles. The largest absolute Gasteiger partial charge is 0.464 e. The maximum Gasteiger partial charge on any atom is 0.331 e. The van der Waals surface area contributed by atoms with Gasteiger partial charge >= 0.3 is 5.97 Å². The van der Waals surface area contributed by atoms with Crippen LogP contribution in [-0.4, -0.2) is 47.6 Å². The monoisotopic (exact) mass is 402 g/mol.